The first-order valence-corrected chi connectivity index (χ1v) is 20.8. The Morgan fingerprint density at radius 1 is 0.982 bits per heavy atom. The molecular weight excluding hydrogens is 706 g/mol. The van der Waals surface area contributed by atoms with Crippen molar-refractivity contribution >= 4 is 11.6 Å². The van der Waals surface area contributed by atoms with Crippen molar-refractivity contribution in [2.45, 2.75) is 108 Å². The molecule has 6 aliphatic rings. The second-order valence-corrected chi connectivity index (χ2v) is 17.3. The van der Waals surface area contributed by atoms with Crippen molar-refractivity contribution in [3.63, 3.8) is 0 Å². The fourth-order valence-electron chi connectivity index (χ4n) is 10.2. The summed E-state index contributed by atoms with van der Waals surface area (Å²) in [4.78, 5) is 24.2. The van der Waals surface area contributed by atoms with E-state index in [2.05, 4.69) is 32.3 Å². The van der Waals surface area contributed by atoms with Crippen LogP contribution in [0.2, 0.25) is 0 Å². The van der Waals surface area contributed by atoms with Gasteiger partial charge in [-0.15, -0.1) is 0 Å². The summed E-state index contributed by atoms with van der Waals surface area (Å²) in [5, 5.41) is 6.85. The van der Waals surface area contributed by atoms with Crippen molar-refractivity contribution in [1.29, 1.82) is 0 Å². The van der Waals surface area contributed by atoms with Crippen molar-refractivity contribution in [2.75, 3.05) is 58.5 Å². The molecule has 1 N–H and O–H groups in total. The molecule has 9 rings (SSSR count). The lowest BCUT2D eigenvalue weighted by Crippen LogP contribution is -2.52. The van der Waals surface area contributed by atoms with E-state index in [0.29, 0.717) is 39.0 Å². The van der Waals surface area contributed by atoms with Crippen molar-refractivity contribution in [1.82, 2.24) is 24.6 Å². The molecule has 4 bridgehead atoms. The fourth-order valence-corrected chi connectivity index (χ4v) is 10.2. The first-order chi connectivity index (χ1) is 26.8. The molecule has 6 aliphatic carbocycles. The average Bonchev–Trinajstić information content (AvgIpc) is 3.68. The Bertz CT molecular complexity index is 1680. The third-order valence-corrected chi connectivity index (χ3v) is 12.9. The molecule has 6 fully saturated rings. The maximum atomic E-state index is 14.1. The molecule has 300 valence electrons. The van der Waals surface area contributed by atoms with Crippen molar-refractivity contribution in [3.8, 4) is 11.5 Å². The number of nitrogens with one attached hydrogen (secondary N) is 1. The minimum Gasteiger partial charge on any atom is -0.444 e. The number of nitrogens with zero attached hydrogens (tertiary/aromatic N) is 5. The maximum absolute atomic E-state index is 14.1. The monoisotopic (exact) mass is 764 g/mol. The Morgan fingerprint density at radius 2 is 1.67 bits per heavy atom. The van der Waals surface area contributed by atoms with Crippen LogP contribution in [0, 0.1) is 29.6 Å². The Morgan fingerprint density at radius 3 is 2.38 bits per heavy atom. The van der Waals surface area contributed by atoms with Gasteiger partial charge in [-0.1, -0.05) is 12.8 Å². The number of aromatic nitrogens is 4. The zero-order valence-electron chi connectivity index (χ0n) is 32.3. The summed E-state index contributed by atoms with van der Waals surface area (Å²) in [5.74, 6) is 3.65. The van der Waals surface area contributed by atoms with Gasteiger partial charge >= 0.3 is 0 Å². The summed E-state index contributed by atoms with van der Waals surface area (Å²) in [5.41, 5.74) is 1.38. The van der Waals surface area contributed by atoms with E-state index >= 15 is 0 Å². The van der Waals surface area contributed by atoms with Gasteiger partial charge in [0.2, 0.25) is 5.89 Å². The van der Waals surface area contributed by atoms with Crippen LogP contribution in [-0.2, 0) is 20.6 Å². The molecule has 0 aromatic carbocycles. The van der Waals surface area contributed by atoms with Gasteiger partial charge in [-0.3, -0.25) is 14.5 Å². The molecule has 0 atom stereocenters. The highest BCUT2D eigenvalue weighted by Gasteiger charge is 2.51. The first kappa shape index (κ1) is 38.6. The number of carbonyl (C=O) groups is 1. The van der Waals surface area contributed by atoms with Crippen molar-refractivity contribution in [2.24, 2.45) is 29.6 Å². The van der Waals surface area contributed by atoms with Crippen LogP contribution in [0.1, 0.15) is 118 Å². The summed E-state index contributed by atoms with van der Waals surface area (Å²) >= 11 is 0. The van der Waals surface area contributed by atoms with Crippen molar-refractivity contribution in [3.05, 3.63) is 47.9 Å². The molecule has 3 aromatic heterocycles. The SMILES string of the molecule is CN(CCOCCOCCOC12CC3CC(CC(C3)C1)C2)CC1CCC(n2cc(NC(=O)c3coc(-c4ccnc(CCC5CC5)c4)n3)c(C(F)F)n2)CC1. The lowest BCUT2D eigenvalue weighted by molar-refractivity contribution is -0.169. The lowest BCUT2D eigenvalue weighted by atomic mass is 9.54. The van der Waals surface area contributed by atoms with Crippen LogP contribution < -0.4 is 5.32 Å². The van der Waals surface area contributed by atoms with Gasteiger partial charge in [-0.05, 0) is 126 Å². The van der Waals surface area contributed by atoms with Gasteiger partial charge in [0.05, 0.1) is 50.4 Å². The number of ether oxygens (including phenoxy) is 3. The van der Waals surface area contributed by atoms with E-state index in [-0.39, 0.29) is 28.9 Å². The third kappa shape index (κ3) is 10.0. The number of likely N-dealkylation sites (N-methyl/N-ethyl adjacent to an activating group) is 1. The van der Waals surface area contributed by atoms with E-state index in [4.69, 9.17) is 18.6 Å². The van der Waals surface area contributed by atoms with Crippen LogP contribution in [-0.4, -0.2) is 89.3 Å². The highest BCUT2D eigenvalue weighted by molar-refractivity contribution is 6.03. The van der Waals surface area contributed by atoms with Gasteiger partial charge in [0.1, 0.15) is 6.26 Å². The molecule has 0 saturated heterocycles. The van der Waals surface area contributed by atoms with Gasteiger partial charge < -0.3 is 28.8 Å². The van der Waals surface area contributed by atoms with Crippen LogP contribution in [0.3, 0.4) is 0 Å². The number of anilines is 1. The van der Waals surface area contributed by atoms with Crippen LogP contribution in [0.4, 0.5) is 14.5 Å². The number of oxazole rings is 1. The highest BCUT2D eigenvalue weighted by atomic mass is 19.3. The standard InChI is InChI=1S/C42H58F2N6O5/c1-49(12-13-52-14-15-53-16-17-55-42-22-30-18-31(23-42)20-32(19-30)24-42)25-29-5-8-35(9-6-29)50-26-36(38(48-50)39(43)44)46-40(51)37-27-54-41(47-37)33-10-11-45-34(21-33)7-4-28-2-3-28/h10-11,21,26-32,35,39H,2-9,12-20,22-25H2,1H3,(H,46,51). The number of halogens is 2. The quantitative estimate of drug-likeness (QED) is 0.114. The normalized spacial score (nSPS) is 27.4. The first-order valence-electron chi connectivity index (χ1n) is 20.8. The van der Waals surface area contributed by atoms with E-state index < -0.39 is 18.0 Å². The van der Waals surface area contributed by atoms with E-state index in [9.17, 15) is 13.6 Å². The number of aryl methyl sites for hydroxylation is 1. The average molecular weight is 765 g/mol. The maximum Gasteiger partial charge on any atom is 0.284 e. The molecule has 1 amide bonds. The van der Waals surface area contributed by atoms with Gasteiger partial charge in [-0.25, -0.2) is 13.8 Å². The summed E-state index contributed by atoms with van der Waals surface area (Å²) in [6.07, 6.45) is 17.9. The topological polar surface area (TPSA) is 117 Å². The highest BCUT2D eigenvalue weighted by Crippen LogP contribution is 2.57. The number of hydrogen-bond donors (Lipinski definition) is 1. The Labute approximate surface area is 323 Å². The number of carbonyl (C=O) groups excluding carboxylic acids is 1. The second-order valence-electron chi connectivity index (χ2n) is 17.3. The molecule has 13 heteroatoms. The molecule has 6 saturated carbocycles. The number of amides is 1. The summed E-state index contributed by atoms with van der Waals surface area (Å²) in [6.45, 7) is 4.92. The minimum absolute atomic E-state index is 0.00562. The second kappa shape index (κ2) is 17.5. The predicted octanol–water partition coefficient (Wildman–Crippen LogP) is 8.15. The largest absolute Gasteiger partial charge is 0.444 e. The molecular formula is C42H58F2N6O5. The van der Waals surface area contributed by atoms with E-state index in [1.54, 1.807) is 16.9 Å². The summed E-state index contributed by atoms with van der Waals surface area (Å²) < 4.78 is 53.5. The molecule has 0 unspecified atom stereocenters. The molecule has 11 nitrogen and oxygen atoms in total. The number of alkyl halides is 2. The van der Waals surface area contributed by atoms with Crippen molar-refractivity contribution < 1.29 is 32.2 Å². The number of hydrogen-bond acceptors (Lipinski definition) is 9. The lowest BCUT2D eigenvalue weighted by Gasteiger charge is -2.56. The Balaban J connectivity index is 0.720. The molecule has 0 radical (unpaired) electrons. The molecule has 0 aliphatic heterocycles. The van der Waals surface area contributed by atoms with Crippen LogP contribution in [0.5, 0.6) is 0 Å². The minimum atomic E-state index is -2.83. The molecule has 3 heterocycles. The van der Waals surface area contributed by atoms with Gasteiger partial charge in [0, 0.05) is 36.7 Å². The van der Waals surface area contributed by atoms with E-state index in [1.165, 1.54) is 63.8 Å². The van der Waals surface area contributed by atoms with Crippen LogP contribution in [0.25, 0.3) is 11.5 Å². The van der Waals surface area contributed by atoms with Crippen LogP contribution >= 0.6 is 0 Å². The van der Waals surface area contributed by atoms with Gasteiger partial charge in [0.25, 0.3) is 12.3 Å². The molecule has 0 spiro atoms. The fraction of sp³-hybridized carbons (Fsp3) is 0.714. The van der Waals surface area contributed by atoms with Crippen LogP contribution in [0.15, 0.2) is 35.2 Å². The molecule has 3 aromatic rings. The summed E-state index contributed by atoms with van der Waals surface area (Å²) in [7, 11) is 2.12. The van der Waals surface area contributed by atoms with E-state index in [1.807, 2.05) is 6.07 Å². The smallest absolute Gasteiger partial charge is 0.284 e. The zero-order valence-corrected chi connectivity index (χ0v) is 32.3. The van der Waals surface area contributed by atoms with E-state index in [0.717, 1.165) is 86.5 Å². The number of pyridine rings is 1. The number of rotatable bonds is 20. The van der Waals surface area contributed by atoms with Gasteiger partial charge in [-0.2, -0.15) is 5.10 Å². The zero-order chi connectivity index (χ0) is 37.8. The Hall–Kier alpha value is -3.26. The predicted molar refractivity (Wildman–Crippen MR) is 203 cm³/mol. The summed E-state index contributed by atoms with van der Waals surface area (Å²) in [6, 6.07) is 3.70. The third-order valence-electron chi connectivity index (χ3n) is 12.9. The molecule has 55 heavy (non-hydrogen) atoms. The Kier molecular flexibility index (Phi) is 12.3. The van der Waals surface area contributed by atoms with Gasteiger partial charge in [0.15, 0.2) is 11.4 Å².